The van der Waals surface area contributed by atoms with Crippen molar-refractivity contribution in [2.45, 2.75) is 6.92 Å². The second-order valence-electron chi connectivity index (χ2n) is 3.63. The number of rotatable bonds is 3. The van der Waals surface area contributed by atoms with Crippen LogP contribution in [-0.2, 0) is 0 Å². The fourth-order valence-corrected chi connectivity index (χ4v) is 1.39. The fourth-order valence-electron chi connectivity index (χ4n) is 1.39. The van der Waals surface area contributed by atoms with Crippen LogP contribution in [0.3, 0.4) is 0 Å². The molecule has 0 heterocycles. The predicted molar refractivity (Wildman–Crippen MR) is 60.4 cm³/mol. The Morgan fingerprint density at radius 3 is 2.71 bits per heavy atom. The molecule has 0 fully saturated rings. The van der Waals surface area contributed by atoms with Crippen molar-refractivity contribution in [2.24, 2.45) is 0 Å². The number of nitro groups is 1. The summed E-state index contributed by atoms with van der Waals surface area (Å²) in [6.07, 6.45) is 0. The Bertz CT molecular complexity index is 505. The zero-order chi connectivity index (χ0) is 13.0. The van der Waals surface area contributed by atoms with Gasteiger partial charge in [-0.25, -0.2) is 0 Å². The molecule has 1 aromatic rings. The molecule has 1 rings (SSSR count). The first-order valence-corrected chi connectivity index (χ1v) is 4.84. The van der Waals surface area contributed by atoms with Crippen molar-refractivity contribution in [1.29, 1.82) is 5.26 Å². The standard InChI is InChI=1S/C11H11N3O3/c1-8-5-9(7-10(6-8)14(16)17)11(15)13(2)4-3-12/h5-7H,4H2,1-2H3. The molecule has 1 aromatic carbocycles. The topological polar surface area (TPSA) is 87.2 Å². The maximum absolute atomic E-state index is 11.8. The number of nitro benzene ring substituents is 1. The van der Waals surface area contributed by atoms with E-state index < -0.39 is 10.8 Å². The van der Waals surface area contributed by atoms with Crippen LogP contribution in [0.5, 0.6) is 0 Å². The second kappa shape index (κ2) is 5.07. The van der Waals surface area contributed by atoms with Crippen molar-refractivity contribution in [1.82, 2.24) is 4.90 Å². The van der Waals surface area contributed by atoms with Crippen molar-refractivity contribution in [2.75, 3.05) is 13.6 Å². The molecule has 0 aromatic heterocycles. The van der Waals surface area contributed by atoms with Gasteiger partial charge in [0.2, 0.25) is 0 Å². The number of nitrogens with zero attached hydrogens (tertiary/aromatic N) is 3. The van der Waals surface area contributed by atoms with Crippen molar-refractivity contribution >= 4 is 11.6 Å². The fraction of sp³-hybridized carbons (Fsp3) is 0.273. The van der Waals surface area contributed by atoms with Gasteiger partial charge in [-0.1, -0.05) is 0 Å². The molecule has 0 aliphatic carbocycles. The molecule has 6 nitrogen and oxygen atoms in total. The van der Waals surface area contributed by atoms with E-state index in [1.54, 1.807) is 13.0 Å². The lowest BCUT2D eigenvalue weighted by atomic mass is 10.1. The molecule has 0 aliphatic rings. The molecule has 0 saturated heterocycles. The van der Waals surface area contributed by atoms with E-state index in [1.165, 1.54) is 24.1 Å². The number of aryl methyl sites for hydroxylation is 1. The predicted octanol–water partition coefficient (Wildman–Crippen LogP) is 1.50. The van der Waals surface area contributed by atoms with Crippen LogP contribution in [0, 0.1) is 28.4 Å². The van der Waals surface area contributed by atoms with Gasteiger partial charge in [0.1, 0.15) is 6.54 Å². The molecule has 0 bridgehead atoms. The number of non-ortho nitro benzene ring substituents is 1. The average Bonchev–Trinajstić information content (AvgIpc) is 2.27. The minimum atomic E-state index is -0.548. The average molecular weight is 233 g/mol. The number of carbonyl (C=O) groups excluding carboxylic acids is 1. The van der Waals surface area contributed by atoms with Crippen LogP contribution in [0.25, 0.3) is 0 Å². The molecule has 6 heteroatoms. The Kier molecular flexibility index (Phi) is 3.78. The van der Waals surface area contributed by atoms with Crippen molar-refractivity contribution < 1.29 is 9.72 Å². The molecule has 0 atom stereocenters. The summed E-state index contributed by atoms with van der Waals surface area (Å²) >= 11 is 0. The lowest BCUT2D eigenvalue weighted by Gasteiger charge is -2.13. The molecular formula is C11H11N3O3. The molecule has 0 radical (unpaired) electrons. The molecule has 17 heavy (non-hydrogen) atoms. The number of nitriles is 1. The largest absolute Gasteiger partial charge is 0.328 e. The van der Waals surface area contributed by atoms with Crippen LogP contribution in [0.15, 0.2) is 18.2 Å². The third kappa shape index (κ3) is 3.01. The van der Waals surface area contributed by atoms with Crippen LogP contribution in [-0.4, -0.2) is 29.3 Å². The van der Waals surface area contributed by atoms with Crippen LogP contribution in [0.2, 0.25) is 0 Å². The zero-order valence-electron chi connectivity index (χ0n) is 9.51. The highest BCUT2D eigenvalue weighted by Crippen LogP contribution is 2.17. The number of carbonyl (C=O) groups is 1. The van der Waals surface area contributed by atoms with E-state index in [0.717, 1.165) is 0 Å². The molecule has 1 amide bonds. The number of hydrogen-bond donors (Lipinski definition) is 0. The summed E-state index contributed by atoms with van der Waals surface area (Å²) in [5, 5.41) is 19.1. The summed E-state index contributed by atoms with van der Waals surface area (Å²) in [6.45, 7) is 1.62. The SMILES string of the molecule is Cc1cc(C(=O)N(C)CC#N)cc([N+](=O)[O-])c1. The highest BCUT2D eigenvalue weighted by atomic mass is 16.6. The first kappa shape index (κ1) is 12.6. The van der Waals surface area contributed by atoms with Gasteiger partial charge in [0.05, 0.1) is 11.0 Å². The molecular weight excluding hydrogens is 222 g/mol. The number of amides is 1. The molecule has 0 saturated carbocycles. The summed E-state index contributed by atoms with van der Waals surface area (Å²) in [6, 6.07) is 6.00. The Morgan fingerprint density at radius 2 is 2.18 bits per heavy atom. The van der Waals surface area contributed by atoms with Gasteiger partial charge < -0.3 is 4.90 Å². The van der Waals surface area contributed by atoms with Gasteiger partial charge >= 0.3 is 0 Å². The third-order valence-corrected chi connectivity index (χ3v) is 2.17. The number of hydrogen-bond acceptors (Lipinski definition) is 4. The summed E-state index contributed by atoms with van der Waals surface area (Å²) in [4.78, 5) is 23.1. The van der Waals surface area contributed by atoms with Gasteiger partial charge in [-0.05, 0) is 18.6 Å². The molecule has 0 unspecified atom stereocenters. The van der Waals surface area contributed by atoms with E-state index in [1.807, 2.05) is 6.07 Å². The normalized spacial score (nSPS) is 9.47. The minimum absolute atomic E-state index is 0.0550. The summed E-state index contributed by atoms with van der Waals surface area (Å²) in [5.74, 6) is -0.404. The van der Waals surface area contributed by atoms with Gasteiger partial charge in [0.15, 0.2) is 0 Å². The molecule has 0 aliphatic heterocycles. The van der Waals surface area contributed by atoms with Crippen molar-refractivity contribution in [3.05, 3.63) is 39.4 Å². The number of benzene rings is 1. The van der Waals surface area contributed by atoms with E-state index in [2.05, 4.69) is 0 Å². The Labute approximate surface area is 98.2 Å². The third-order valence-electron chi connectivity index (χ3n) is 2.17. The minimum Gasteiger partial charge on any atom is -0.328 e. The summed E-state index contributed by atoms with van der Waals surface area (Å²) in [7, 11) is 1.47. The molecule has 88 valence electrons. The lowest BCUT2D eigenvalue weighted by molar-refractivity contribution is -0.384. The van der Waals surface area contributed by atoms with Gasteiger partial charge in [-0.3, -0.25) is 14.9 Å². The monoisotopic (exact) mass is 233 g/mol. The maximum atomic E-state index is 11.8. The Morgan fingerprint density at radius 1 is 1.53 bits per heavy atom. The van der Waals surface area contributed by atoms with Crippen LogP contribution in [0.4, 0.5) is 5.69 Å². The second-order valence-corrected chi connectivity index (χ2v) is 3.63. The van der Waals surface area contributed by atoms with E-state index >= 15 is 0 Å². The first-order valence-electron chi connectivity index (χ1n) is 4.84. The zero-order valence-corrected chi connectivity index (χ0v) is 9.51. The van der Waals surface area contributed by atoms with E-state index in [-0.39, 0.29) is 17.8 Å². The Balaban J connectivity index is 3.10. The van der Waals surface area contributed by atoms with Crippen LogP contribution >= 0.6 is 0 Å². The Hall–Kier alpha value is -2.42. The lowest BCUT2D eigenvalue weighted by Crippen LogP contribution is -2.27. The van der Waals surface area contributed by atoms with Crippen molar-refractivity contribution in [3.8, 4) is 6.07 Å². The van der Waals surface area contributed by atoms with Gasteiger partial charge in [-0.15, -0.1) is 0 Å². The summed E-state index contributed by atoms with van der Waals surface area (Å²) < 4.78 is 0. The highest BCUT2D eigenvalue weighted by molar-refractivity contribution is 5.95. The van der Waals surface area contributed by atoms with Crippen LogP contribution in [0.1, 0.15) is 15.9 Å². The van der Waals surface area contributed by atoms with E-state index in [0.29, 0.717) is 5.56 Å². The quantitative estimate of drug-likeness (QED) is 0.449. The maximum Gasteiger partial charge on any atom is 0.270 e. The van der Waals surface area contributed by atoms with Gasteiger partial charge in [0.25, 0.3) is 11.6 Å². The molecule has 0 spiro atoms. The van der Waals surface area contributed by atoms with Gasteiger partial charge in [-0.2, -0.15) is 5.26 Å². The van der Waals surface area contributed by atoms with E-state index in [9.17, 15) is 14.9 Å². The van der Waals surface area contributed by atoms with Crippen molar-refractivity contribution in [3.63, 3.8) is 0 Å². The van der Waals surface area contributed by atoms with E-state index in [4.69, 9.17) is 5.26 Å². The van der Waals surface area contributed by atoms with Gasteiger partial charge in [0, 0.05) is 24.7 Å². The smallest absolute Gasteiger partial charge is 0.270 e. The van der Waals surface area contributed by atoms with Crippen LogP contribution < -0.4 is 0 Å². The first-order chi connectivity index (χ1) is 7.95. The summed E-state index contributed by atoms with van der Waals surface area (Å²) in [5.41, 5.74) is 0.723. The molecule has 0 N–H and O–H groups in total. The highest BCUT2D eigenvalue weighted by Gasteiger charge is 2.16.